The highest BCUT2D eigenvalue weighted by atomic mass is 32.2. The van der Waals surface area contributed by atoms with Crippen molar-refractivity contribution in [3.63, 3.8) is 0 Å². The zero-order valence-electron chi connectivity index (χ0n) is 13.5. The largest absolute Gasteiger partial charge is 0.444 e. The van der Waals surface area contributed by atoms with Crippen LogP contribution in [0.15, 0.2) is 36.3 Å². The first-order chi connectivity index (χ1) is 11.7. The summed E-state index contributed by atoms with van der Waals surface area (Å²) < 4.78 is 2.08. The van der Waals surface area contributed by atoms with Crippen LogP contribution in [0, 0.1) is 10.1 Å². The summed E-state index contributed by atoms with van der Waals surface area (Å²) in [6.07, 6.45) is 11.9. The van der Waals surface area contributed by atoms with Crippen molar-refractivity contribution >= 4 is 22.8 Å². The number of aromatic amines is 1. The molecule has 3 heterocycles. The van der Waals surface area contributed by atoms with Crippen molar-refractivity contribution in [2.75, 3.05) is 12.0 Å². The van der Waals surface area contributed by atoms with E-state index in [2.05, 4.69) is 44.1 Å². The Labute approximate surface area is 143 Å². The summed E-state index contributed by atoms with van der Waals surface area (Å²) in [7, 11) is 0. The predicted octanol–water partition coefficient (Wildman–Crippen LogP) is 3.78. The molecule has 3 rings (SSSR count). The van der Waals surface area contributed by atoms with E-state index in [9.17, 15) is 0 Å². The lowest BCUT2D eigenvalue weighted by Crippen LogP contribution is -2.09. The maximum atomic E-state index is 8.00. The van der Waals surface area contributed by atoms with Gasteiger partial charge in [-0.25, -0.2) is 9.97 Å². The third kappa shape index (κ3) is 4.10. The van der Waals surface area contributed by atoms with Crippen molar-refractivity contribution in [3.8, 4) is 11.3 Å². The van der Waals surface area contributed by atoms with E-state index in [1.807, 2.05) is 30.2 Å². The fourth-order valence-electron chi connectivity index (χ4n) is 2.54. The van der Waals surface area contributed by atoms with Crippen LogP contribution in [-0.4, -0.2) is 36.7 Å². The monoisotopic (exact) mass is 347 g/mol. The van der Waals surface area contributed by atoms with E-state index in [-0.39, 0.29) is 0 Å². The predicted molar refractivity (Wildman–Crippen MR) is 96.6 cm³/mol. The minimum absolute atomic E-state index is 0.453. The molecule has 1 unspecified atom stereocenters. The Morgan fingerprint density at radius 2 is 2.25 bits per heavy atom. The maximum absolute atomic E-state index is 8.00. The number of hydrogen-bond acceptors (Lipinski definition) is 7. The minimum Gasteiger partial charge on any atom is -0.444 e. The molecule has 0 bridgehead atoms. The van der Waals surface area contributed by atoms with Gasteiger partial charge in [0.25, 0.3) is 0 Å². The Bertz CT molecular complexity index is 772. The lowest BCUT2D eigenvalue weighted by Gasteiger charge is -2.14. The SMILES string of the molecule is CCC(CCSC)n1cc(-c2ncnc3[nH]ccc23)cn1.O=N[O-]. The maximum Gasteiger partial charge on any atom is 0.141 e. The van der Waals surface area contributed by atoms with Crippen molar-refractivity contribution in [3.05, 3.63) is 41.1 Å². The molecule has 0 fully saturated rings. The number of fused-ring (bicyclic) bond motifs is 1. The average molecular weight is 347 g/mol. The quantitative estimate of drug-likeness (QED) is 0.536. The second-order valence-corrected chi connectivity index (χ2v) is 6.07. The Morgan fingerprint density at radius 1 is 1.46 bits per heavy atom. The molecule has 0 aliphatic heterocycles. The van der Waals surface area contributed by atoms with Gasteiger partial charge in [0.1, 0.15) is 12.0 Å². The summed E-state index contributed by atoms with van der Waals surface area (Å²) in [6.45, 7) is 2.21. The molecule has 0 aliphatic carbocycles. The second kappa shape index (κ2) is 9.02. The summed E-state index contributed by atoms with van der Waals surface area (Å²) >= 11 is 1.88. The minimum atomic E-state index is 0.453. The first-order valence-corrected chi connectivity index (χ1v) is 8.91. The molecule has 0 radical (unpaired) electrons. The lowest BCUT2D eigenvalue weighted by atomic mass is 10.1. The van der Waals surface area contributed by atoms with Gasteiger partial charge in [0.05, 0.1) is 17.9 Å². The van der Waals surface area contributed by atoms with Crippen molar-refractivity contribution in [1.82, 2.24) is 24.7 Å². The molecule has 9 heteroatoms. The molecule has 8 nitrogen and oxygen atoms in total. The normalized spacial score (nSPS) is 11.8. The molecular weight excluding hydrogens is 328 g/mol. The van der Waals surface area contributed by atoms with Gasteiger partial charge in [-0.15, -0.1) is 5.34 Å². The van der Waals surface area contributed by atoms with Crippen LogP contribution in [0.5, 0.6) is 0 Å². The van der Waals surface area contributed by atoms with E-state index in [1.54, 1.807) is 6.33 Å². The average Bonchev–Trinajstić information content (AvgIpc) is 3.25. The molecular formula is C15H19N6O2S-. The summed E-state index contributed by atoms with van der Waals surface area (Å²) in [5.74, 6) is 1.16. The Morgan fingerprint density at radius 3 is 2.96 bits per heavy atom. The van der Waals surface area contributed by atoms with Gasteiger partial charge in [-0.05, 0) is 30.9 Å². The fourth-order valence-corrected chi connectivity index (χ4v) is 3.05. The molecule has 3 aromatic rings. The van der Waals surface area contributed by atoms with Crippen LogP contribution in [0.3, 0.4) is 0 Å². The van der Waals surface area contributed by atoms with E-state index in [4.69, 9.17) is 10.1 Å². The molecule has 1 N–H and O–H groups in total. The molecule has 24 heavy (non-hydrogen) atoms. The van der Waals surface area contributed by atoms with Crippen molar-refractivity contribution in [2.24, 2.45) is 5.34 Å². The molecule has 0 saturated heterocycles. The van der Waals surface area contributed by atoms with Gasteiger partial charge in [0.2, 0.25) is 0 Å². The number of H-pyrrole nitrogens is 1. The molecule has 0 aromatic carbocycles. The summed E-state index contributed by atoms with van der Waals surface area (Å²) in [5, 5.41) is 14.6. The highest BCUT2D eigenvalue weighted by Gasteiger charge is 2.13. The lowest BCUT2D eigenvalue weighted by molar-refractivity contribution is 0.431. The number of nitrogens with zero attached hydrogens (tertiary/aromatic N) is 5. The Hall–Kier alpha value is -2.42. The smallest absolute Gasteiger partial charge is 0.141 e. The molecule has 0 spiro atoms. The van der Waals surface area contributed by atoms with Crippen LogP contribution in [0.1, 0.15) is 25.8 Å². The summed E-state index contributed by atoms with van der Waals surface area (Å²) in [6, 6.07) is 2.46. The summed E-state index contributed by atoms with van der Waals surface area (Å²) in [4.78, 5) is 19.8. The zero-order chi connectivity index (χ0) is 17.4. The number of hydrogen-bond donors (Lipinski definition) is 1. The number of nitrogens with one attached hydrogen (secondary N) is 1. The highest BCUT2D eigenvalue weighted by molar-refractivity contribution is 7.98. The molecule has 128 valence electrons. The van der Waals surface area contributed by atoms with Gasteiger partial charge < -0.3 is 15.1 Å². The number of aromatic nitrogens is 5. The van der Waals surface area contributed by atoms with Gasteiger partial charge in [-0.2, -0.15) is 16.9 Å². The fraction of sp³-hybridized carbons (Fsp3) is 0.400. The number of rotatable bonds is 6. The molecule has 0 saturated carbocycles. The van der Waals surface area contributed by atoms with Crippen molar-refractivity contribution in [1.29, 1.82) is 0 Å². The van der Waals surface area contributed by atoms with E-state index in [0.717, 1.165) is 46.2 Å². The Kier molecular flexibility index (Phi) is 6.74. The van der Waals surface area contributed by atoms with E-state index >= 15 is 0 Å². The Balaban J connectivity index is 0.000000647. The number of thioether (sulfide) groups is 1. The van der Waals surface area contributed by atoms with Gasteiger partial charge in [-0.3, -0.25) is 4.68 Å². The molecule has 0 aliphatic rings. The van der Waals surface area contributed by atoms with E-state index in [1.165, 1.54) is 0 Å². The zero-order valence-corrected chi connectivity index (χ0v) is 14.4. The van der Waals surface area contributed by atoms with Gasteiger partial charge in [0.15, 0.2) is 0 Å². The second-order valence-electron chi connectivity index (χ2n) is 5.09. The summed E-state index contributed by atoms with van der Waals surface area (Å²) in [5.41, 5.74) is 2.85. The molecule has 3 aromatic heterocycles. The van der Waals surface area contributed by atoms with Gasteiger partial charge >= 0.3 is 0 Å². The van der Waals surface area contributed by atoms with Crippen LogP contribution in [0.4, 0.5) is 0 Å². The first-order valence-electron chi connectivity index (χ1n) is 7.51. The highest BCUT2D eigenvalue weighted by Crippen LogP contribution is 2.26. The third-order valence-corrected chi connectivity index (χ3v) is 4.37. The van der Waals surface area contributed by atoms with Crippen LogP contribution in [-0.2, 0) is 0 Å². The van der Waals surface area contributed by atoms with Gasteiger partial charge in [0, 0.05) is 23.3 Å². The third-order valence-electron chi connectivity index (χ3n) is 3.73. The van der Waals surface area contributed by atoms with Crippen molar-refractivity contribution in [2.45, 2.75) is 25.8 Å². The first kappa shape index (κ1) is 17.9. The standard InChI is InChI=1S/C15H19N5S.HNO2/c1-3-12(5-7-21-2)20-9-11(8-19-20)14-13-4-6-16-15(13)18-10-17-14;2-1-3/h4,6,8-10,12H,3,5,7H2,1-2H3,(H,16,17,18);(H,2,3)/p-1. The topological polar surface area (TPSA) is 112 Å². The van der Waals surface area contributed by atoms with Crippen LogP contribution in [0.25, 0.3) is 22.3 Å². The molecule has 1 atom stereocenters. The van der Waals surface area contributed by atoms with E-state index in [0.29, 0.717) is 6.04 Å². The molecule has 0 amide bonds. The van der Waals surface area contributed by atoms with Crippen LogP contribution in [0.2, 0.25) is 0 Å². The van der Waals surface area contributed by atoms with Crippen molar-refractivity contribution < 1.29 is 0 Å². The van der Waals surface area contributed by atoms with Crippen LogP contribution < -0.4 is 0 Å². The van der Waals surface area contributed by atoms with Crippen LogP contribution >= 0.6 is 11.8 Å². The van der Waals surface area contributed by atoms with E-state index < -0.39 is 0 Å². The van der Waals surface area contributed by atoms with Gasteiger partial charge in [-0.1, -0.05) is 6.92 Å².